The number of carbonyl (C=O) groups excluding carboxylic acids is 1. The highest BCUT2D eigenvalue weighted by atomic mass is 32.1. The summed E-state index contributed by atoms with van der Waals surface area (Å²) < 4.78 is 0. The topological polar surface area (TPSA) is 116 Å². The molecule has 0 aromatic heterocycles. The predicted octanol–water partition coefficient (Wildman–Crippen LogP) is -0.948. The summed E-state index contributed by atoms with van der Waals surface area (Å²) in [5.41, 5.74) is 0. The number of urea groups is 1. The Morgan fingerprint density at radius 3 is 1.44 bits per heavy atom. The van der Waals surface area contributed by atoms with Crippen LogP contribution in [0.5, 0.6) is 0 Å². The number of carboxylic acid groups (broad SMARTS) is 2. The monoisotopic (exact) mass is 268 g/mol. The van der Waals surface area contributed by atoms with Gasteiger partial charge in [0.05, 0.1) is 0 Å². The second-order valence-corrected chi connectivity index (χ2v) is 3.49. The number of aliphatic carboxylic acids is 2. The van der Waals surface area contributed by atoms with Crippen molar-refractivity contribution in [3.63, 3.8) is 0 Å². The van der Waals surface area contributed by atoms with Gasteiger partial charge in [-0.2, -0.15) is 25.3 Å². The average molecular weight is 268 g/mol. The smallest absolute Gasteiger partial charge is 0.327 e. The first-order valence-electron chi connectivity index (χ1n) is 4.16. The number of carboxylic acids is 2. The minimum absolute atomic E-state index is 0.0959. The molecule has 92 valence electrons. The van der Waals surface area contributed by atoms with E-state index >= 15 is 0 Å². The fourth-order valence-electron chi connectivity index (χ4n) is 0.729. The van der Waals surface area contributed by atoms with Gasteiger partial charge < -0.3 is 20.8 Å². The Morgan fingerprint density at radius 1 is 0.938 bits per heavy atom. The minimum Gasteiger partial charge on any atom is -0.480 e. The van der Waals surface area contributed by atoms with E-state index in [1.165, 1.54) is 0 Å². The van der Waals surface area contributed by atoms with Gasteiger partial charge in [0, 0.05) is 11.5 Å². The molecule has 16 heavy (non-hydrogen) atoms. The fraction of sp³-hybridized carbons (Fsp3) is 0.571. The second kappa shape index (κ2) is 7.23. The Hall–Kier alpha value is -1.09. The van der Waals surface area contributed by atoms with Crippen LogP contribution in [0.2, 0.25) is 0 Å². The van der Waals surface area contributed by atoms with E-state index in [4.69, 9.17) is 10.2 Å². The molecule has 0 bridgehead atoms. The molecule has 0 unspecified atom stereocenters. The number of thiol groups is 2. The highest BCUT2D eigenvalue weighted by molar-refractivity contribution is 7.80. The molecule has 0 aliphatic carbocycles. The lowest BCUT2D eigenvalue weighted by Crippen LogP contribution is -2.52. The first-order valence-corrected chi connectivity index (χ1v) is 5.43. The van der Waals surface area contributed by atoms with Crippen LogP contribution < -0.4 is 10.6 Å². The molecule has 0 fully saturated rings. The Kier molecular flexibility index (Phi) is 6.74. The number of hydrogen-bond acceptors (Lipinski definition) is 5. The first-order chi connectivity index (χ1) is 7.42. The summed E-state index contributed by atoms with van der Waals surface area (Å²) in [5, 5.41) is 21.3. The molecule has 2 amide bonds. The van der Waals surface area contributed by atoms with Crippen LogP contribution in [-0.4, -0.2) is 51.8 Å². The van der Waals surface area contributed by atoms with Crippen molar-refractivity contribution in [3.8, 4) is 0 Å². The Bertz CT molecular complexity index is 260. The molecule has 0 heterocycles. The summed E-state index contributed by atoms with van der Waals surface area (Å²) in [7, 11) is 0. The lowest BCUT2D eigenvalue weighted by molar-refractivity contribution is -0.139. The molecule has 0 aromatic rings. The third-order valence-corrected chi connectivity index (χ3v) is 2.30. The highest BCUT2D eigenvalue weighted by Crippen LogP contribution is 1.91. The van der Waals surface area contributed by atoms with Crippen LogP contribution in [0.1, 0.15) is 0 Å². The van der Waals surface area contributed by atoms with Crippen LogP contribution in [0.15, 0.2) is 0 Å². The molecule has 2 atom stereocenters. The SMILES string of the molecule is O=C(N[C@H](CS)C(=O)O)N[C@H](CS)C(=O)O. The Labute approximate surface area is 102 Å². The summed E-state index contributed by atoms with van der Waals surface area (Å²) in [6, 6.07) is -3.22. The maximum atomic E-state index is 11.2. The van der Waals surface area contributed by atoms with Crippen molar-refractivity contribution in [2.45, 2.75) is 12.1 Å². The van der Waals surface area contributed by atoms with E-state index in [1.54, 1.807) is 0 Å². The molecule has 7 nitrogen and oxygen atoms in total. The number of rotatable bonds is 6. The molecule has 0 spiro atoms. The molecule has 0 saturated carbocycles. The summed E-state index contributed by atoms with van der Waals surface area (Å²) in [4.78, 5) is 32.2. The van der Waals surface area contributed by atoms with E-state index in [-0.39, 0.29) is 11.5 Å². The summed E-state index contributed by atoms with van der Waals surface area (Å²) >= 11 is 7.46. The third-order valence-electron chi connectivity index (χ3n) is 1.57. The van der Waals surface area contributed by atoms with Crippen molar-refractivity contribution in [3.05, 3.63) is 0 Å². The van der Waals surface area contributed by atoms with Crippen molar-refractivity contribution in [2.75, 3.05) is 11.5 Å². The van der Waals surface area contributed by atoms with Gasteiger partial charge in [-0.15, -0.1) is 0 Å². The lowest BCUT2D eigenvalue weighted by Gasteiger charge is -2.15. The molecule has 0 aliphatic heterocycles. The second-order valence-electron chi connectivity index (χ2n) is 2.76. The first kappa shape index (κ1) is 14.9. The Morgan fingerprint density at radius 2 is 1.25 bits per heavy atom. The average Bonchev–Trinajstić information content (AvgIpc) is 2.21. The third kappa shape index (κ3) is 5.12. The predicted molar refractivity (Wildman–Crippen MR) is 62.2 cm³/mol. The van der Waals surface area contributed by atoms with Crippen molar-refractivity contribution in [1.82, 2.24) is 10.6 Å². The van der Waals surface area contributed by atoms with Crippen LogP contribution >= 0.6 is 25.3 Å². The standard InChI is InChI=1S/C7H12N2O5S2/c10-5(11)3(1-15)8-7(14)9-4(2-16)6(12)13/h3-4,15-16H,1-2H2,(H,10,11)(H,12,13)(H2,8,9,14)/t3-,4-/m1/s1. The van der Waals surface area contributed by atoms with E-state index in [1.807, 2.05) is 0 Å². The van der Waals surface area contributed by atoms with Gasteiger partial charge in [0.25, 0.3) is 0 Å². The van der Waals surface area contributed by atoms with Gasteiger partial charge in [0.2, 0.25) is 0 Å². The lowest BCUT2D eigenvalue weighted by atomic mass is 10.3. The Balaban J connectivity index is 4.25. The number of amides is 2. The molecule has 0 radical (unpaired) electrons. The maximum absolute atomic E-state index is 11.2. The zero-order chi connectivity index (χ0) is 12.7. The molecule has 0 aromatic carbocycles. The molecule has 9 heteroatoms. The fourth-order valence-corrected chi connectivity index (χ4v) is 1.22. The van der Waals surface area contributed by atoms with Gasteiger partial charge in [-0.1, -0.05) is 0 Å². The van der Waals surface area contributed by atoms with Gasteiger partial charge in [0.15, 0.2) is 0 Å². The largest absolute Gasteiger partial charge is 0.480 e. The zero-order valence-electron chi connectivity index (χ0n) is 8.08. The summed E-state index contributed by atoms with van der Waals surface area (Å²) in [6.07, 6.45) is 0. The number of hydrogen-bond donors (Lipinski definition) is 6. The maximum Gasteiger partial charge on any atom is 0.327 e. The molecular formula is C7H12N2O5S2. The number of carbonyl (C=O) groups is 3. The summed E-state index contributed by atoms with van der Waals surface area (Å²) in [5.74, 6) is -2.69. The van der Waals surface area contributed by atoms with Gasteiger partial charge in [-0.3, -0.25) is 0 Å². The van der Waals surface area contributed by atoms with Gasteiger partial charge in [-0.05, 0) is 0 Å². The molecular weight excluding hydrogens is 256 g/mol. The van der Waals surface area contributed by atoms with Crippen molar-refractivity contribution < 1.29 is 24.6 Å². The van der Waals surface area contributed by atoms with Crippen LogP contribution in [0.25, 0.3) is 0 Å². The van der Waals surface area contributed by atoms with Gasteiger partial charge in [0.1, 0.15) is 12.1 Å². The van der Waals surface area contributed by atoms with Gasteiger partial charge >= 0.3 is 18.0 Å². The van der Waals surface area contributed by atoms with Crippen LogP contribution in [-0.2, 0) is 9.59 Å². The van der Waals surface area contributed by atoms with Crippen molar-refractivity contribution in [1.29, 1.82) is 0 Å². The van der Waals surface area contributed by atoms with Gasteiger partial charge in [-0.25, -0.2) is 14.4 Å². The number of nitrogens with one attached hydrogen (secondary N) is 2. The van der Waals surface area contributed by atoms with Crippen LogP contribution in [0, 0.1) is 0 Å². The zero-order valence-corrected chi connectivity index (χ0v) is 9.87. The molecule has 4 N–H and O–H groups in total. The van der Waals surface area contributed by atoms with E-state index < -0.39 is 30.1 Å². The van der Waals surface area contributed by atoms with Crippen LogP contribution in [0.3, 0.4) is 0 Å². The van der Waals surface area contributed by atoms with E-state index in [0.29, 0.717) is 0 Å². The van der Waals surface area contributed by atoms with Crippen LogP contribution in [0.4, 0.5) is 4.79 Å². The van der Waals surface area contributed by atoms with Crippen molar-refractivity contribution in [2.24, 2.45) is 0 Å². The van der Waals surface area contributed by atoms with E-state index in [9.17, 15) is 14.4 Å². The molecule has 0 aliphatic rings. The highest BCUT2D eigenvalue weighted by Gasteiger charge is 2.22. The van der Waals surface area contributed by atoms with Crippen molar-refractivity contribution >= 4 is 43.2 Å². The quantitative estimate of drug-likeness (QED) is 0.348. The molecule has 0 saturated heterocycles. The van der Waals surface area contributed by atoms with E-state index in [2.05, 4.69) is 35.9 Å². The summed E-state index contributed by atoms with van der Waals surface area (Å²) in [6.45, 7) is 0. The van der Waals surface area contributed by atoms with E-state index in [0.717, 1.165) is 0 Å². The minimum atomic E-state index is -1.25. The normalized spacial score (nSPS) is 13.6. The molecule has 0 rings (SSSR count).